The molecule has 0 atom stereocenters. The predicted molar refractivity (Wildman–Crippen MR) is 75.6 cm³/mol. The summed E-state index contributed by atoms with van der Waals surface area (Å²) in [5.74, 6) is -0.826. The van der Waals surface area contributed by atoms with Crippen LogP contribution in [0.2, 0.25) is 0 Å². The Morgan fingerprint density at radius 3 is 2.29 bits per heavy atom. The molecule has 0 saturated carbocycles. The van der Waals surface area contributed by atoms with Gasteiger partial charge in [0.1, 0.15) is 6.07 Å². The van der Waals surface area contributed by atoms with Crippen LogP contribution in [-0.2, 0) is 10.0 Å². The molecule has 0 bridgehead atoms. The van der Waals surface area contributed by atoms with E-state index in [4.69, 9.17) is 5.26 Å². The number of fused-ring (bicyclic) bond motifs is 1. The van der Waals surface area contributed by atoms with Crippen molar-refractivity contribution in [2.75, 3.05) is 0 Å². The maximum Gasteiger partial charge on any atom is 0.269 e. The minimum absolute atomic E-state index is 0.00209. The monoisotopic (exact) mass is 300 g/mol. The Balaban J connectivity index is 2.44. The molecule has 0 N–H and O–H groups in total. The standard InChI is InChI=1S/C15H9FN2O2S/c16-15-12-8-4-5-9-13(12)18(14(15)10-17)21(19,20)11-6-2-1-3-7-11/h1-9H. The van der Waals surface area contributed by atoms with Crippen molar-refractivity contribution < 1.29 is 12.8 Å². The number of para-hydroxylation sites is 1. The van der Waals surface area contributed by atoms with Crippen LogP contribution in [0.15, 0.2) is 59.5 Å². The fourth-order valence-electron chi connectivity index (χ4n) is 2.22. The fourth-order valence-corrected chi connectivity index (χ4v) is 3.71. The Kier molecular flexibility index (Phi) is 3.00. The largest absolute Gasteiger partial charge is 0.269 e. The lowest BCUT2D eigenvalue weighted by Crippen LogP contribution is -2.14. The van der Waals surface area contributed by atoms with Crippen molar-refractivity contribution in [1.29, 1.82) is 5.26 Å². The smallest absolute Gasteiger partial charge is 0.221 e. The highest BCUT2D eigenvalue weighted by molar-refractivity contribution is 7.90. The minimum atomic E-state index is -4.03. The first-order chi connectivity index (χ1) is 10.1. The van der Waals surface area contributed by atoms with Gasteiger partial charge in [-0.15, -0.1) is 0 Å². The molecule has 0 fully saturated rings. The first-order valence-electron chi connectivity index (χ1n) is 6.07. The summed E-state index contributed by atoms with van der Waals surface area (Å²) in [6.07, 6.45) is 0. The lowest BCUT2D eigenvalue weighted by atomic mass is 10.2. The Morgan fingerprint density at radius 1 is 1.00 bits per heavy atom. The molecule has 6 heteroatoms. The van der Waals surface area contributed by atoms with Gasteiger partial charge in [-0.25, -0.2) is 16.8 Å². The van der Waals surface area contributed by atoms with E-state index in [0.717, 1.165) is 3.97 Å². The van der Waals surface area contributed by atoms with Gasteiger partial charge in [0.25, 0.3) is 10.0 Å². The molecule has 0 aliphatic heterocycles. The van der Waals surface area contributed by atoms with Crippen LogP contribution in [0.1, 0.15) is 5.69 Å². The third-order valence-corrected chi connectivity index (χ3v) is 4.89. The Labute approximate surface area is 120 Å². The van der Waals surface area contributed by atoms with Crippen molar-refractivity contribution in [3.63, 3.8) is 0 Å². The average molecular weight is 300 g/mol. The number of hydrogen-bond acceptors (Lipinski definition) is 3. The molecule has 0 aliphatic carbocycles. The van der Waals surface area contributed by atoms with Crippen LogP contribution in [0.25, 0.3) is 10.9 Å². The van der Waals surface area contributed by atoms with Crippen molar-refractivity contribution in [1.82, 2.24) is 3.97 Å². The average Bonchev–Trinajstić information content (AvgIpc) is 2.81. The van der Waals surface area contributed by atoms with Crippen LogP contribution < -0.4 is 0 Å². The number of nitriles is 1. The number of aromatic nitrogens is 1. The molecule has 0 saturated heterocycles. The summed E-state index contributed by atoms with van der Waals surface area (Å²) in [7, 11) is -4.03. The summed E-state index contributed by atoms with van der Waals surface area (Å²) >= 11 is 0. The SMILES string of the molecule is N#Cc1c(F)c2ccccc2n1S(=O)(=O)c1ccccc1. The van der Waals surface area contributed by atoms with E-state index in [-0.39, 0.29) is 15.8 Å². The first-order valence-corrected chi connectivity index (χ1v) is 7.51. The third-order valence-electron chi connectivity index (χ3n) is 3.16. The van der Waals surface area contributed by atoms with Gasteiger partial charge in [0, 0.05) is 5.39 Å². The summed E-state index contributed by atoms with van der Waals surface area (Å²) in [5, 5.41) is 9.24. The van der Waals surface area contributed by atoms with E-state index in [9.17, 15) is 12.8 Å². The van der Waals surface area contributed by atoms with E-state index in [1.165, 1.54) is 24.3 Å². The van der Waals surface area contributed by atoms with Gasteiger partial charge in [0.15, 0.2) is 11.5 Å². The molecular weight excluding hydrogens is 291 g/mol. The second-order valence-electron chi connectivity index (χ2n) is 4.37. The van der Waals surface area contributed by atoms with Gasteiger partial charge in [-0.05, 0) is 24.3 Å². The molecule has 4 nitrogen and oxygen atoms in total. The van der Waals surface area contributed by atoms with Crippen LogP contribution in [0.5, 0.6) is 0 Å². The molecule has 0 amide bonds. The molecule has 21 heavy (non-hydrogen) atoms. The van der Waals surface area contributed by atoms with Gasteiger partial charge in [-0.3, -0.25) is 0 Å². The molecule has 2 aromatic carbocycles. The summed E-state index contributed by atoms with van der Waals surface area (Å²) < 4.78 is 40.4. The van der Waals surface area contributed by atoms with Crippen molar-refractivity contribution in [2.45, 2.75) is 4.90 Å². The predicted octanol–water partition coefficient (Wildman–Crippen LogP) is 2.89. The fraction of sp³-hybridized carbons (Fsp3) is 0. The summed E-state index contributed by atoms with van der Waals surface area (Å²) in [5.41, 5.74) is -0.365. The second kappa shape index (κ2) is 4.72. The van der Waals surface area contributed by atoms with E-state index in [2.05, 4.69) is 0 Å². The topological polar surface area (TPSA) is 62.9 Å². The van der Waals surface area contributed by atoms with Gasteiger partial charge < -0.3 is 0 Å². The highest BCUT2D eigenvalue weighted by Crippen LogP contribution is 2.28. The van der Waals surface area contributed by atoms with E-state index < -0.39 is 21.5 Å². The molecule has 0 aliphatic rings. The zero-order chi connectivity index (χ0) is 15.0. The van der Waals surface area contributed by atoms with Crippen LogP contribution in [0, 0.1) is 17.1 Å². The van der Waals surface area contributed by atoms with Gasteiger partial charge in [0.2, 0.25) is 0 Å². The molecule has 104 valence electrons. The number of benzene rings is 2. The zero-order valence-corrected chi connectivity index (χ0v) is 11.5. The van der Waals surface area contributed by atoms with Gasteiger partial charge in [0.05, 0.1) is 10.4 Å². The number of rotatable bonds is 2. The molecule has 0 radical (unpaired) electrons. The summed E-state index contributed by atoms with van der Waals surface area (Å²) in [4.78, 5) is 0.00209. The first kappa shape index (κ1) is 13.3. The van der Waals surface area contributed by atoms with E-state index in [0.29, 0.717) is 0 Å². The number of halogens is 1. The summed E-state index contributed by atoms with van der Waals surface area (Å²) in [6, 6.07) is 15.4. The van der Waals surface area contributed by atoms with E-state index >= 15 is 0 Å². The Morgan fingerprint density at radius 2 is 1.62 bits per heavy atom. The van der Waals surface area contributed by atoms with Crippen molar-refractivity contribution in [2.24, 2.45) is 0 Å². The second-order valence-corrected chi connectivity index (χ2v) is 6.16. The molecule has 3 rings (SSSR count). The van der Waals surface area contributed by atoms with Crippen LogP contribution in [-0.4, -0.2) is 12.4 Å². The number of hydrogen-bond donors (Lipinski definition) is 0. The summed E-state index contributed by atoms with van der Waals surface area (Å²) in [6.45, 7) is 0. The zero-order valence-electron chi connectivity index (χ0n) is 10.7. The van der Waals surface area contributed by atoms with E-state index in [1.807, 2.05) is 0 Å². The van der Waals surface area contributed by atoms with Gasteiger partial charge >= 0.3 is 0 Å². The van der Waals surface area contributed by atoms with Gasteiger partial charge in [-0.2, -0.15) is 5.26 Å². The van der Waals surface area contributed by atoms with E-state index in [1.54, 1.807) is 36.4 Å². The molecule has 1 aromatic heterocycles. The molecule has 0 unspecified atom stereocenters. The highest BCUT2D eigenvalue weighted by Gasteiger charge is 2.26. The molecular formula is C15H9FN2O2S. The lowest BCUT2D eigenvalue weighted by Gasteiger charge is -2.08. The maximum atomic E-state index is 14.2. The molecule has 1 heterocycles. The van der Waals surface area contributed by atoms with Crippen LogP contribution in [0.4, 0.5) is 4.39 Å². The normalized spacial score (nSPS) is 11.4. The molecule has 3 aromatic rings. The molecule has 0 spiro atoms. The Bertz CT molecular complexity index is 970. The van der Waals surface area contributed by atoms with Crippen LogP contribution in [0.3, 0.4) is 0 Å². The van der Waals surface area contributed by atoms with Crippen molar-refractivity contribution in [3.05, 3.63) is 66.1 Å². The lowest BCUT2D eigenvalue weighted by molar-refractivity contribution is 0.584. The van der Waals surface area contributed by atoms with Gasteiger partial charge in [-0.1, -0.05) is 30.3 Å². The third kappa shape index (κ3) is 1.90. The highest BCUT2D eigenvalue weighted by atomic mass is 32.2. The number of nitrogens with zero attached hydrogens (tertiary/aromatic N) is 2. The van der Waals surface area contributed by atoms with Crippen LogP contribution >= 0.6 is 0 Å². The minimum Gasteiger partial charge on any atom is -0.221 e. The maximum absolute atomic E-state index is 14.2. The quantitative estimate of drug-likeness (QED) is 0.731. The van der Waals surface area contributed by atoms with Crippen molar-refractivity contribution in [3.8, 4) is 6.07 Å². The Hall–Kier alpha value is -2.65. The van der Waals surface area contributed by atoms with Crippen molar-refractivity contribution >= 4 is 20.9 Å².